The van der Waals surface area contributed by atoms with Crippen LogP contribution in [0.3, 0.4) is 0 Å². The minimum absolute atomic E-state index is 0.369. The second-order valence-corrected chi connectivity index (χ2v) is 9.89. The van der Waals surface area contributed by atoms with Gasteiger partial charge in [0.2, 0.25) is 5.91 Å². The Morgan fingerprint density at radius 2 is 1.82 bits per heavy atom. The maximum absolute atomic E-state index is 12.4. The Bertz CT molecular complexity index is 1270. The number of anilines is 1. The number of halogens is 3. The summed E-state index contributed by atoms with van der Waals surface area (Å²) in [5.41, 5.74) is 1.98. The van der Waals surface area contributed by atoms with Crippen LogP contribution in [0.15, 0.2) is 64.9 Å². The first kappa shape index (κ1) is 25.4. The summed E-state index contributed by atoms with van der Waals surface area (Å²) in [6.45, 7) is 0. The zero-order valence-corrected chi connectivity index (χ0v) is 19.2. The van der Waals surface area contributed by atoms with E-state index in [-0.39, 0.29) is 4.90 Å². The normalized spacial score (nSPS) is 13.1. The van der Waals surface area contributed by atoms with Gasteiger partial charge in [0.1, 0.15) is 5.75 Å². The highest BCUT2D eigenvalue weighted by Gasteiger charge is 2.41. The van der Waals surface area contributed by atoms with Gasteiger partial charge in [0.05, 0.1) is 23.5 Å². The summed E-state index contributed by atoms with van der Waals surface area (Å²) in [7, 11) is -2.77. The summed E-state index contributed by atoms with van der Waals surface area (Å²) < 4.78 is 66.5. The number of hydrogen-bond acceptors (Lipinski definition) is 7. The molecule has 0 spiro atoms. The minimum Gasteiger partial charge on any atom is -0.497 e. The SMILES string of the molecule is COc1ccc(-c2csc(NC(=O)/C=C/c3ccc(S(=O)(=O)CC(O)C(F)(F)F)cc3)n2)cc1. The molecule has 34 heavy (non-hydrogen) atoms. The highest BCUT2D eigenvalue weighted by molar-refractivity contribution is 7.91. The molecule has 0 bridgehead atoms. The van der Waals surface area contributed by atoms with Crippen LogP contribution in [0.2, 0.25) is 0 Å². The molecule has 12 heteroatoms. The zero-order chi connectivity index (χ0) is 24.9. The number of carbonyl (C=O) groups excluding carboxylic acids is 1. The van der Waals surface area contributed by atoms with E-state index in [1.54, 1.807) is 24.6 Å². The molecule has 0 saturated heterocycles. The lowest BCUT2D eigenvalue weighted by Crippen LogP contribution is -2.35. The van der Waals surface area contributed by atoms with Crippen molar-refractivity contribution < 1.29 is 36.2 Å². The van der Waals surface area contributed by atoms with Crippen molar-refractivity contribution in [2.45, 2.75) is 17.2 Å². The van der Waals surface area contributed by atoms with Crippen LogP contribution in [0.5, 0.6) is 5.75 Å². The second-order valence-electron chi connectivity index (χ2n) is 7.00. The maximum atomic E-state index is 12.4. The number of rotatable bonds is 8. The fourth-order valence-corrected chi connectivity index (χ4v) is 4.80. The predicted molar refractivity (Wildman–Crippen MR) is 122 cm³/mol. The van der Waals surface area contributed by atoms with Crippen LogP contribution < -0.4 is 10.1 Å². The third-order valence-electron chi connectivity index (χ3n) is 4.54. The van der Waals surface area contributed by atoms with Crippen molar-refractivity contribution >= 4 is 38.3 Å². The number of thiazole rings is 1. The molecular formula is C22H19F3N2O5S2. The third-order valence-corrected chi connectivity index (χ3v) is 7.04. The number of amides is 1. The Balaban J connectivity index is 1.60. The van der Waals surface area contributed by atoms with Crippen LogP contribution in [0.25, 0.3) is 17.3 Å². The Labute approximate surface area is 197 Å². The lowest BCUT2D eigenvalue weighted by atomic mass is 10.2. The van der Waals surface area contributed by atoms with E-state index in [4.69, 9.17) is 9.84 Å². The molecule has 1 aromatic heterocycles. The molecule has 7 nitrogen and oxygen atoms in total. The third kappa shape index (κ3) is 6.65. The van der Waals surface area contributed by atoms with Gasteiger partial charge in [-0.2, -0.15) is 13.2 Å². The first-order valence-corrected chi connectivity index (χ1v) is 12.2. The van der Waals surface area contributed by atoms with E-state index in [1.807, 2.05) is 12.1 Å². The Morgan fingerprint density at radius 3 is 2.41 bits per heavy atom. The molecule has 2 aromatic carbocycles. The van der Waals surface area contributed by atoms with Crippen LogP contribution in [0.4, 0.5) is 18.3 Å². The molecule has 0 aliphatic heterocycles. The van der Waals surface area contributed by atoms with Gasteiger partial charge in [-0.05, 0) is 48.0 Å². The van der Waals surface area contributed by atoms with Crippen molar-refractivity contribution in [1.82, 2.24) is 4.98 Å². The van der Waals surface area contributed by atoms with Crippen LogP contribution >= 0.6 is 11.3 Å². The summed E-state index contributed by atoms with van der Waals surface area (Å²) >= 11 is 1.24. The first-order valence-electron chi connectivity index (χ1n) is 9.64. The summed E-state index contributed by atoms with van der Waals surface area (Å²) in [5, 5.41) is 13.8. The molecule has 2 N–H and O–H groups in total. The number of methoxy groups -OCH3 is 1. The summed E-state index contributed by atoms with van der Waals surface area (Å²) in [6.07, 6.45) is -5.38. The van der Waals surface area contributed by atoms with Gasteiger partial charge in [0.15, 0.2) is 21.1 Å². The molecule has 1 atom stereocenters. The van der Waals surface area contributed by atoms with E-state index in [2.05, 4.69) is 10.3 Å². The topological polar surface area (TPSA) is 106 Å². The molecule has 1 heterocycles. The molecular weight excluding hydrogens is 493 g/mol. The number of hydrogen-bond donors (Lipinski definition) is 2. The number of carbonyl (C=O) groups is 1. The summed E-state index contributed by atoms with van der Waals surface area (Å²) in [5.74, 6) is -1.23. The van der Waals surface area contributed by atoms with Crippen LogP contribution in [0.1, 0.15) is 5.56 Å². The average Bonchev–Trinajstić information content (AvgIpc) is 3.25. The van der Waals surface area contributed by atoms with Gasteiger partial charge in [-0.15, -0.1) is 11.3 Å². The molecule has 1 unspecified atom stereocenters. The van der Waals surface area contributed by atoms with E-state index in [1.165, 1.54) is 35.6 Å². The van der Waals surface area contributed by atoms with Crippen molar-refractivity contribution in [3.63, 3.8) is 0 Å². The molecule has 0 aliphatic rings. The van der Waals surface area contributed by atoms with E-state index in [0.717, 1.165) is 17.7 Å². The fraction of sp³-hybridized carbons (Fsp3) is 0.182. The van der Waals surface area contributed by atoms with Gasteiger partial charge < -0.3 is 9.84 Å². The molecule has 3 aromatic rings. The number of aromatic nitrogens is 1. The van der Waals surface area contributed by atoms with Crippen LogP contribution in [0, 0.1) is 0 Å². The quantitative estimate of drug-likeness (QED) is 0.439. The van der Waals surface area contributed by atoms with Crippen molar-refractivity contribution in [3.05, 3.63) is 65.6 Å². The molecule has 0 saturated carbocycles. The van der Waals surface area contributed by atoms with E-state index < -0.39 is 33.8 Å². The van der Waals surface area contributed by atoms with Crippen molar-refractivity contribution in [3.8, 4) is 17.0 Å². The Hall–Kier alpha value is -3.22. The second kappa shape index (κ2) is 10.4. The highest BCUT2D eigenvalue weighted by atomic mass is 32.2. The van der Waals surface area contributed by atoms with Gasteiger partial charge in [0, 0.05) is 17.0 Å². The standard InChI is InChI=1S/C22H19F3N2O5S2/c1-32-16-7-5-15(6-8-16)18-12-33-21(26-18)27-20(29)11-4-14-2-9-17(10-3-14)34(30,31)13-19(28)22(23,24)25/h2-12,19,28H,13H2,1H3,(H,26,27,29)/b11-4+. The van der Waals surface area contributed by atoms with E-state index in [9.17, 15) is 26.4 Å². The number of sulfone groups is 1. The molecule has 0 aliphatic carbocycles. The number of aliphatic hydroxyl groups is 1. The van der Waals surface area contributed by atoms with Crippen LogP contribution in [-0.4, -0.2) is 49.6 Å². The predicted octanol–water partition coefficient (Wildman–Crippen LogP) is 4.17. The number of ether oxygens (including phenoxy) is 1. The smallest absolute Gasteiger partial charge is 0.415 e. The minimum atomic E-state index is -5.03. The molecule has 0 radical (unpaired) electrons. The summed E-state index contributed by atoms with van der Waals surface area (Å²) in [4.78, 5) is 16.2. The number of benzene rings is 2. The van der Waals surface area contributed by atoms with Crippen molar-refractivity contribution in [2.75, 3.05) is 18.2 Å². The van der Waals surface area contributed by atoms with E-state index in [0.29, 0.717) is 22.1 Å². The first-order chi connectivity index (χ1) is 16.0. The number of nitrogens with zero attached hydrogens (tertiary/aromatic N) is 1. The number of alkyl halides is 3. The molecule has 1 amide bonds. The largest absolute Gasteiger partial charge is 0.497 e. The van der Waals surface area contributed by atoms with Gasteiger partial charge in [-0.3, -0.25) is 10.1 Å². The average molecular weight is 513 g/mol. The lowest BCUT2D eigenvalue weighted by molar-refractivity contribution is -0.196. The maximum Gasteiger partial charge on any atom is 0.415 e. The molecule has 3 rings (SSSR count). The van der Waals surface area contributed by atoms with Crippen molar-refractivity contribution in [1.29, 1.82) is 0 Å². The fourth-order valence-electron chi connectivity index (χ4n) is 2.73. The van der Waals surface area contributed by atoms with Crippen LogP contribution in [-0.2, 0) is 14.6 Å². The Morgan fingerprint density at radius 1 is 1.18 bits per heavy atom. The zero-order valence-electron chi connectivity index (χ0n) is 17.6. The molecule has 0 fully saturated rings. The highest BCUT2D eigenvalue weighted by Crippen LogP contribution is 2.27. The van der Waals surface area contributed by atoms with Gasteiger partial charge in [-0.25, -0.2) is 13.4 Å². The Kier molecular flexibility index (Phi) is 7.75. The lowest BCUT2D eigenvalue weighted by Gasteiger charge is -2.14. The molecule has 180 valence electrons. The van der Waals surface area contributed by atoms with E-state index >= 15 is 0 Å². The number of nitrogens with one attached hydrogen (secondary N) is 1. The monoisotopic (exact) mass is 512 g/mol. The van der Waals surface area contributed by atoms with Gasteiger partial charge >= 0.3 is 6.18 Å². The van der Waals surface area contributed by atoms with Gasteiger partial charge in [-0.1, -0.05) is 12.1 Å². The van der Waals surface area contributed by atoms with Crippen molar-refractivity contribution in [2.24, 2.45) is 0 Å². The number of aliphatic hydroxyl groups excluding tert-OH is 1. The van der Waals surface area contributed by atoms with Gasteiger partial charge in [0.25, 0.3) is 0 Å². The summed E-state index contributed by atoms with van der Waals surface area (Å²) in [6, 6.07) is 12.2.